The molecule has 0 bridgehead atoms. The van der Waals surface area contributed by atoms with Gasteiger partial charge in [0.15, 0.2) is 0 Å². The zero-order chi connectivity index (χ0) is 15.0. The van der Waals surface area contributed by atoms with Gasteiger partial charge in [0.2, 0.25) is 0 Å². The first kappa shape index (κ1) is 15.0. The molecule has 0 atom stereocenters. The zero-order valence-electron chi connectivity index (χ0n) is 12.7. The average Bonchev–Trinajstić information content (AvgIpc) is 3.14. The van der Waals surface area contributed by atoms with E-state index in [9.17, 15) is 0 Å². The Morgan fingerprint density at radius 1 is 1.29 bits per heavy atom. The summed E-state index contributed by atoms with van der Waals surface area (Å²) >= 11 is 8.09. The summed E-state index contributed by atoms with van der Waals surface area (Å²) in [7, 11) is 0. The highest BCUT2D eigenvalue weighted by molar-refractivity contribution is 7.15. The van der Waals surface area contributed by atoms with E-state index in [1.807, 2.05) is 24.3 Å². The maximum Gasteiger partial charge on any atom is 0.125 e. The molecular weight excluding hydrogens is 300 g/mol. The van der Waals surface area contributed by atoms with Gasteiger partial charge in [-0.3, -0.25) is 0 Å². The van der Waals surface area contributed by atoms with Gasteiger partial charge < -0.3 is 5.32 Å². The van der Waals surface area contributed by atoms with Crippen LogP contribution >= 0.6 is 22.9 Å². The molecule has 112 valence electrons. The predicted molar refractivity (Wildman–Crippen MR) is 91.1 cm³/mol. The highest BCUT2D eigenvalue weighted by Crippen LogP contribution is 2.37. The van der Waals surface area contributed by atoms with Crippen LogP contribution in [0.3, 0.4) is 0 Å². The standard InChI is InChI=1S/C17H21ClN2S/c1-17(2,3)15-14(10-19-11-8-9-11)21-16(20-15)12-6-4-5-7-13(12)18/h4-7,11,19H,8-10H2,1-3H3. The fourth-order valence-electron chi connectivity index (χ4n) is 2.33. The number of nitrogens with zero attached hydrogens (tertiary/aromatic N) is 1. The first-order valence-corrected chi connectivity index (χ1v) is 8.63. The van der Waals surface area contributed by atoms with Crippen molar-refractivity contribution < 1.29 is 0 Å². The van der Waals surface area contributed by atoms with Crippen molar-refractivity contribution in [3.63, 3.8) is 0 Å². The Morgan fingerprint density at radius 2 is 2.00 bits per heavy atom. The van der Waals surface area contributed by atoms with Crippen LogP contribution in [0.15, 0.2) is 24.3 Å². The fraction of sp³-hybridized carbons (Fsp3) is 0.471. The van der Waals surface area contributed by atoms with Crippen molar-refractivity contribution in [1.29, 1.82) is 0 Å². The monoisotopic (exact) mass is 320 g/mol. The van der Waals surface area contributed by atoms with Crippen molar-refractivity contribution in [3.8, 4) is 10.6 Å². The maximum absolute atomic E-state index is 6.32. The minimum Gasteiger partial charge on any atom is -0.309 e. The van der Waals surface area contributed by atoms with Crippen LogP contribution in [0.4, 0.5) is 0 Å². The van der Waals surface area contributed by atoms with Crippen LogP contribution in [0.2, 0.25) is 5.02 Å². The zero-order valence-corrected chi connectivity index (χ0v) is 14.3. The third-order valence-electron chi connectivity index (χ3n) is 3.64. The molecule has 1 aromatic carbocycles. The van der Waals surface area contributed by atoms with Gasteiger partial charge in [-0.1, -0.05) is 50.6 Å². The van der Waals surface area contributed by atoms with Crippen LogP contribution in [-0.4, -0.2) is 11.0 Å². The van der Waals surface area contributed by atoms with Gasteiger partial charge in [0, 0.05) is 28.4 Å². The van der Waals surface area contributed by atoms with Crippen LogP contribution < -0.4 is 5.32 Å². The Kier molecular flexibility index (Phi) is 4.08. The van der Waals surface area contributed by atoms with Crippen molar-refractivity contribution in [2.75, 3.05) is 0 Å². The lowest BCUT2D eigenvalue weighted by Crippen LogP contribution is -2.19. The molecule has 0 unspecified atom stereocenters. The Labute approximate surface area is 135 Å². The Morgan fingerprint density at radius 3 is 2.62 bits per heavy atom. The summed E-state index contributed by atoms with van der Waals surface area (Å²) in [6, 6.07) is 8.66. The minimum absolute atomic E-state index is 0.0522. The Balaban J connectivity index is 1.96. The summed E-state index contributed by atoms with van der Waals surface area (Å²) in [4.78, 5) is 6.24. The molecule has 3 rings (SSSR count). The van der Waals surface area contributed by atoms with E-state index in [2.05, 4.69) is 26.1 Å². The number of hydrogen-bond donors (Lipinski definition) is 1. The lowest BCUT2D eigenvalue weighted by Gasteiger charge is -2.17. The number of rotatable bonds is 4. The van der Waals surface area contributed by atoms with E-state index in [0.29, 0.717) is 6.04 Å². The van der Waals surface area contributed by atoms with Crippen LogP contribution in [0.5, 0.6) is 0 Å². The van der Waals surface area contributed by atoms with E-state index in [1.165, 1.54) is 23.4 Å². The SMILES string of the molecule is CC(C)(C)c1nc(-c2ccccc2Cl)sc1CNC1CC1. The highest BCUT2D eigenvalue weighted by atomic mass is 35.5. The summed E-state index contributed by atoms with van der Waals surface area (Å²) in [6.45, 7) is 7.58. The number of thiazole rings is 1. The van der Waals surface area contributed by atoms with Gasteiger partial charge >= 0.3 is 0 Å². The Hall–Kier alpha value is -0.900. The molecule has 1 heterocycles. The third kappa shape index (κ3) is 3.47. The molecule has 0 aliphatic heterocycles. The number of halogens is 1. The maximum atomic E-state index is 6.32. The number of nitrogens with one attached hydrogen (secondary N) is 1. The molecule has 1 aliphatic carbocycles. The molecule has 21 heavy (non-hydrogen) atoms. The van der Waals surface area contributed by atoms with Gasteiger partial charge in [0.1, 0.15) is 5.01 Å². The number of aromatic nitrogens is 1. The van der Waals surface area contributed by atoms with Crippen molar-refractivity contribution >= 4 is 22.9 Å². The van der Waals surface area contributed by atoms with E-state index in [-0.39, 0.29) is 5.41 Å². The minimum atomic E-state index is 0.0522. The molecule has 0 spiro atoms. The van der Waals surface area contributed by atoms with Gasteiger partial charge in [-0.15, -0.1) is 11.3 Å². The Bertz CT molecular complexity index is 638. The van der Waals surface area contributed by atoms with Gasteiger partial charge in [0.25, 0.3) is 0 Å². The largest absolute Gasteiger partial charge is 0.309 e. The molecule has 2 aromatic rings. The molecule has 1 aromatic heterocycles. The second kappa shape index (κ2) is 5.71. The second-order valence-electron chi connectivity index (χ2n) is 6.68. The molecule has 0 saturated heterocycles. The summed E-state index contributed by atoms with van der Waals surface area (Å²) in [5.41, 5.74) is 2.28. The third-order valence-corrected chi connectivity index (χ3v) is 5.06. The molecule has 1 saturated carbocycles. The topological polar surface area (TPSA) is 24.9 Å². The smallest absolute Gasteiger partial charge is 0.125 e. The lowest BCUT2D eigenvalue weighted by molar-refractivity contribution is 0.559. The summed E-state index contributed by atoms with van der Waals surface area (Å²) in [5.74, 6) is 0. The normalized spacial score (nSPS) is 15.4. The predicted octanol–water partition coefficient (Wildman–Crippen LogP) is 5.01. The molecule has 4 heteroatoms. The first-order chi connectivity index (χ1) is 9.95. The van der Waals surface area contributed by atoms with Crippen LogP contribution in [0.25, 0.3) is 10.6 Å². The van der Waals surface area contributed by atoms with Crippen LogP contribution in [0, 0.1) is 0 Å². The van der Waals surface area contributed by atoms with Gasteiger partial charge in [-0.2, -0.15) is 0 Å². The molecule has 1 N–H and O–H groups in total. The van der Waals surface area contributed by atoms with Crippen molar-refractivity contribution in [3.05, 3.63) is 39.9 Å². The van der Waals surface area contributed by atoms with Gasteiger partial charge in [0.05, 0.1) is 10.7 Å². The second-order valence-corrected chi connectivity index (χ2v) is 8.17. The molecule has 0 radical (unpaired) electrons. The highest BCUT2D eigenvalue weighted by Gasteiger charge is 2.26. The summed E-state index contributed by atoms with van der Waals surface area (Å²) < 4.78 is 0. The van der Waals surface area contributed by atoms with Crippen molar-refractivity contribution in [2.24, 2.45) is 0 Å². The summed E-state index contributed by atoms with van der Waals surface area (Å²) in [5, 5.41) is 5.40. The number of benzene rings is 1. The van der Waals surface area contributed by atoms with E-state index >= 15 is 0 Å². The number of hydrogen-bond acceptors (Lipinski definition) is 3. The van der Waals surface area contributed by atoms with E-state index in [1.54, 1.807) is 11.3 Å². The van der Waals surface area contributed by atoms with Crippen LogP contribution in [-0.2, 0) is 12.0 Å². The van der Waals surface area contributed by atoms with Crippen LogP contribution in [0.1, 0.15) is 44.2 Å². The van der Waals surface area contributed by atoms with Crippen molar-refractivity contribution in [2.45, 2.75) is 51.6 Å². The van der Waals surface area contributed by atoms with Gasteiger partial charge in [-0.05, 0) is 18.9 Å². The van der Waals surface area contributed by atoms with E-state index in [0.717, 1.165) is 22.1 Å². The van der Waals surface area contributed by atoms with Gasteiger partial charge in [-0.25, -0.2) is 4.98 Å². The molecule has 0 amide bonds. The average molecular weight is 321 g/mol. The fourth-order valence-corrected chi connectivity index (χ4v) is 3.88. The molecule has 2 nitrogen and oxygen atoms in total. The first-order valence-electron chi connectivity index (χ1n) is 7.43. The molecule has 1 aliphatic rings. The van der Waals surface area contributed by atoms with E-state index in [4.69, 9.17) is 16.6 Å². The summed E-state index contributed by atoms with van der Waals surface area (Å²) in [6.07, 6.45) is 2.61. The molecular formula is C17H21ClN2S. The molecule has 1 fully saturated rings. The van der Waals surface area contributed by atoms with Crippen molar-refractivity contribution in [1.82, 2.24) is 10.3 Å². The lowest BCUT2D eigenvalue weighted by atomic mass is 9.91. The van der Waals surface area contributed by atoms with E-state index < -0.39 is 0 Å². The quantitative estimate of drug-likeness (QED) is 0.856.